The molecule has 0 amide bonds. The zero-order valence-corrected chi connectivity index (χ0v) is 15.8. The number of nitrogens with zero attached hydrogens (tertiary/aromatic N) is 3. The van der Waals surface area contributed by atoms with Crippen molar-refractivity contribution in [1.29, 1.82) is 0 Å². The Bertz CT molecular complexity index is 1050. The molecule has 0 saturated heterocycles. The molecule has 9 heteroatoms. The van der Waals surface area contributed by atoms with Crippen molar-refractivity contribution < 1.29 is 23.4 Å². The Hall–Kier alpha value is -2.65. The molecule has 0 fully saturated rings. The highest BCUT2D eigenvalue weighted by molar-refractivity contribution is 5.72. The predicted octanol–water partition coefficient (Wildman–Crippen LogP) is 3.28. The molecule has 4 N–H and O–H groups in total. The number of hydrogen-bond donors (Lipinski definition) is 3. The zero-order valence-electron chi connectivity index (χ0n) is 15.8. The summed E-state index contributed by atoms with van der Waals surface area (Å²) >= 11 is 0. The Balaban J connectivity index is 2.26. The third-order valence-electron chi connectivity index (χ3n) is 4.77. The second-order valence-electron chi connectivity index (χ2n) is 7.51. The van der Waals surface area contributed by atoms with E-state index in [0.29, 0.717) is 29.4 Å². The van der Waals surface area contributed by atoms with E-state index < -0.39 is 17.4 Å². The van der Waals surface area contributed by atoms with Crippen LogP contribution in [0.1, 0.15) is 37.6 Å². The van der Waals surface area contributed by atoms with E-state index in [1.807, 2.05) is 0 Å². The van der Waals surface area contributed by atoms with Gasteiger partial charge >= 0.3 is 6.18 Å². The average Bonchev–Trinajstić information content (AvgIpc) is 2.97. The molecule has 2 heterocycles. The summed E-state index contributed by atoms with van der Waals surface area (Å²) in [6, 6.07) is 4.03. The Morgan fingerprint density at radius 1 is 1.11 bits per heavy atom. The van der Waals surface area contributed by atoms with Crippen LogP contribution < -0.4 is 5.73 Å². The lowest BCUT2D eigenvalue weighted by Crippen LogP contribution is -2.39. The minimum Gasteiger partial charge on any atom is -0.384 e. The number of imidazole rings is 1. The topological polar surface area (TPSA) is 96.7 Å². The minimum absolute atomic E-state index is 0.0852. The predicted molar refractivity (Wildman–Crippen MR) is 98.4 cm³/mol. The summed E-state index contributed by atoms with van der Waals surface area (Å²) in [4.78, 5) is 8.36. The van der Waals surface area contributed by atoms with Gasteiger partial charge in [0.2, 0.25) is 0 Å². The van der Waals surface area contributed by atoms with Crippen LogP contribution in [0.2, 0.25) is 0 Å². The van der Waals surface area contributed by atoms with Crippen LogP contribution in [0.25, 0.3) is 16.9 Å². The molecule has 0 radical (unpaired) electrons. The number of nitrogens with two attached hydrogens (primary N) is 1. The summed E-state index contributed by atoms with van der Waals surface area (Å²) in [5.41, 5.74) is 3.57. The Morgan fingerprint density at radius 3 is 2.32 bits per heavy atom. The van der Waals surface area contributed by atoms with Gasteiger partial charge in [-0.2, -0.15) is 13.2 Å². The molecular formula is C19H21F3N4O2. The number of aromatic nitrogens is 3. The summed E-state index contributed by atoms with van der Waals surface area (Å²) in [6.45, 7) is 5.54. The Kier molecular flexibility index (Phi) is 4.43. The summed E-state index contributed by atoms with van der Waals surface area (Å²) in [6.07, 6.45) is -1.82. The third-order valence-corrected chi connectivity index (χ3v) is 4.77. The van der Waals surface area contributed by atoms with Gasteiger partial charge in [0, 0.05) is 11.8 Å². The number of anilines is 1. The fourth-order valence-corrected chi connectivity index (χ4v) is 2.87. The summed E-state index contributed by atoms with van der Waals surface area (Å²) < 4.78 is 41.4. The van der Waals surface area contributed by atoms with E-state index in [1.54, 1.807) is 31.4 Å². The summed E-state index contributed by atoms with van der Waals surface area (Å²) in [5.74, 6) is 0.0852. The van der Waals surface area contributed by atoms with Gasteiger partial charge in [-0.05, 0) is 44.9 Å². The zero-order chi connectivity index (χ0) is 21.1. The summed E-state index contributed by atoms with van der Waals surface area (Å²) in [7, 11) is 0. The number of halogens is 3. The first kappa shape index (κ1) is 20.1. The van der Waals surface area contributed by atoms with Crippen molar-refractivity contribution in [2.45, 2.75) is 45.1 Å². The minimum atomic E-state index is -4.83. The van der Waals surface area contributed by atoms with E-state index in [0.717, 1.165) is 0 Å². The van der Waals surface area contributed by atoms with Gasteiger partial charge in [0.15, 0.2) is 17.1 Å². The number of nitrogen functional groups attached to an aromatic ring is 1. The second kappa shape index (κ2) is 6.18. The molecule has 0 spiro atoms. The SMILES string of the molecule is Cc1ccc(C(C)(O)C(F)(F)F)cc1-c1cnc2c(N)nc(C(C)(C)O)cn12. The lowest BCUT2D eigenvalue weighted by Gasteiger charge is -2.27. The Morgan fingerprint density at radius 2 is 1.75 bits per heavy atom. The third kappa shape index (κ3) is 3.20. The molecule has 1 unspecified atom stereocenters. The number of rotatable bonds is 3. The normalized spacial score (nSPS) is 15.0. The number of hydrogen-bond acceptors (Lipinski definition) is 5. The van der Waals surface area contributed by atoms with E-state index in [9.17, 15) is 23.4 Å². The van der Waals surface area contributed by atoms with Crippen molar-refractivity contribution in [3.63, 3.8) is 0 Å². The Labute approximate surface area is 159 Å². The number of aliphatic hydroxyl groups is 2. The van der Waals surface area contributed by atoms with E-state index >= 15 is 0 Å². The molecule has 0 aliphatic heterocycles. The van der Waals surface area contributed by atoms with Gasteiger partial charge < -0.3 is 15.9 Å². The van der Waals surface area contributed by atoms with E-state index in [1.165, 1.54) is 24.4 Å². The van der Waals surface area contributed by atoms with Crippen LogP contribution >= 0.6 is 0 Å². The first-order valence-electron chi connectivity index (χ1n) is 8.50. The van der Waals surface area contributed by atoms with Crippen molar-refractivity contribution in [3.8, 4) is 11.3 Å². The number of benzene rings is 1. The van der Waals surface area contributed by atoms with Crippen LogP contribution in [-0.4, -0.2) is 30.8 Å². The quantitative estimate of drug-likeness (QED) is 0.634. The molecule has 3 rings (SSSR count). The maximum atomic E-state index is 13.3. The lowest BCUT2D eigenvalue weighted by molar-refractivity contribution is -0.258. The number of alkyl halides is 3. The summed E-state index contributed by atoms with van der Waals surface area (Å²) in [5, 5.41) is 20.3. The van der Waals surface area contributed by atoms with Gasteiger partial charge in [0.1, 0.15) is 5.60 Å². The largest absolute Gasteiger partial charge is 0.421 e. The maximum absolute atomic E-state index is 13.3. The van der Waals surface area contributed by atoms with E-state index in [-0.39, 0.29) is 17.1 Å². The molecular weight excluding hydrogens is 373 g/mol. The van der Waals surface area contributed by atoms with Crippen molar-refractivity contribution in [1.82, 2.24) is 14.4 Å². The van der Waals surface area contributed by atoms with Gasteiger partial charge in [0.05, 0.1) is 17.6 Å². The molecule has 0 aliphatic carbocycles. The molecule has 28 heavy (non-hydrogen) atoms. The van der Waals surface area contributed by atoms with Crippen molar-refractivity contribution >= 4 is 11.5 Å². The van der Waals surface area contributed by atoms with E-state index in [4.69, 9.17) is 5.73 Å². The molecule has 150 valence electrons. The molecule has 0 aliphatic rings. The van der Waals surface area contributed by atoms with Gasteiger partial charge in [-0.25, -0.2) is 9.97 Å². The molecule has 6 nitrogen and oxygen atoms in total. The van der Waals surface area contributed by atoms with Crippen LogP contribution in [0.3, 0.4) is 0 Å². The van der Waals surface area contributed by atoms with Gasteiger partial charge in [-0.3, -0.25) is 4.40 Å². The molecule has 0 saturated carbocycles. The molecule has 3 aromatic rings. The first-order chi connectivity index (χ1) is 12.7. The molecule has 1 aromatic carbocycles. The van der Waals surface area contributed by atoms with Crippen LogP contribution in [-0.2, 0) is 11.2 Å². The monoisotopic (exact) mass is 394 g/mol. The van der Waals surface area contributed by atoms with Crippen molar-refractivity contribution in [2.75, 3.05) is 5.73 Å². The molecule has 2 aromatic heterocycles. The smallest absolute Gasteiger partial charge is 0.384 e. The fourth-order valence-electron chi connectivity index (χ4n) is 2.87. The van der Waals surface area contributed by atoms with Crippen LogP contribution in [0, 0.1) is 6.92 Å². The van der Waals surface area contributed by atoms with Crippen molar-refractivity contribution in [3.05, 3.63) is 47.4 Å². The molecule has 1 atom stereocenters. The van der Waals surface area contributed by atoms with Gasteiger partial charge in [-0.1, -0.05) is 12.1 Å². The fraction of sp³-hybridized carbons (Fsp3) is 0.368. The highest BCUT2D eigenvalue weighted by Crippen LogP contribution is 2.40. The second-order valence-corrected chi connectivity index (χ2v) is 7.51. The van der Waals surface area contributed by atoms with Crippen molar-refractivity contribution in [2.24, 2.45) is 0 Å². The first-order valence-corrected chi connectivity index (χ1v) is 8.50. The van der Waals surface area contributed by atoms with E-state index in [2.05, 4.69) is 9.97 Å². The van der Waals surface area contributed by atoms with Crippen LogP contribution in [0.4, 0.5) is 19.0 Å². The lowest BCUT2D eigenvalue weighted by atomic mass is 9.91. The standard InChI is InChI=1S/C19H21F3N4O2/c1-10-5-6-11(18(4,28)19(20,21)22)7-12(10)13-8-24-16-15(23)25-14(9-26(13)16)17(2,3)27/h5-9,27-28H,1-4H3,(H2,23,25). The van der Waals surface area contributed by atoms with Gasteiger partial charge in [-0.15, -0.1) is 0 Å². The number of aryl methyl sites for hydroxylation is 1. The maximum Gasteiger partial charge on any atom is 0.421 e. The highest BCUT2D eigenvalue weighted by atomic mass is 19.4. The van der Waals surface area contributed by atoms with Crippen LogP contribution in [0.5, 0.6) is 0 Å². The van der Waals surface area contributed by atoms with Crippen LogP contribution in [0.15, 0.2) is 30.6 Å². The molecule has 0 bridgehead atoms. The number of fused-ring (bicyclic) bond motifs is 1. The van der Waals surface area contributed by atoms with Gasteiger partial charge in [0.25, 0.3) is 0 Å². The average molecular weight is 394 g/mol. The highest BCUT2D eigenvalue weighted by Gasteiger charge is 2.51.